The highest BCUT2D eigenvalue weighted by Crippen LogP contribution is 2.22. The number of aryl methyl sites for hydroxylation is 2. The summed E-state index contributed by atoms with van der Waals surface area (Å²) in [6, 6.07) is 14.6. The second-order valence-electron chi connectivity index (χ2n) is 5.85. The molecular formula is C20H18O4. The van der Waals surface area contributed by atoms with E-state index in [1.54, 1.807) is 0 Å². The molecule has 0 N–H and O–H groups in total. The van der Waals surface area contributed by atoms with Crippen LogP contribution in [-0.2, 0) is 22.6 Å². The van der Waals surface area contributed by atoms with E-state index in [9.17, 15) is 9.59 Å². The van der Waals surface area contributed by atoms with Crippen LogP contribution in [0.1, 0.15) is 22.3 Å². The first-order valence-electron chi connectivity index (χ1n) is 7.76. The van der Waals surface area contributed by atoms with E-state index in [4.69, 9.17) is 9.15 Å². The summed E-state index contributed by atoms with van der Waals surface area (Å²) in [7, 11) is 0. The molecule has 0 aliphatic carbocycles. The Morgan fingerprint density at radius 1 is 1.04 bits per heavy atom. The lowest BCUT2D eigenvalue weighted by Crippen LogP contribution is -2.10. The minimum atomic E-state index is -0.445. The van der Waals surface area contributed by atoms with Crippen LogP contribution in [0.5, 0.6) is 0 Å². The fourth-order valence-electron chi connectivity index (χ4n) is 2.57. The third-order valence-corrected chi connectivity index (χ3v) is 4.02. The minimum Gasteiger partial charge on any atom is -0.461 e. The van der Waals surface area contributed by atoms with Gasteiger partial charge < -0.3 is 9.15 Å². The first-order valence-corrected chi connectivity index (χ1v) is 7.76. The van der Waals surface area contributed by atoms with Gasteiger partial charge in [0, 0.05) is 17.0 Å². The van der Waals surface area contributed by atoms with Gasteiger partial charge in [-0.15, -0.1) is 0 Å². The maximum atomic E-state index is 12.0. The Hall–Kier alpha value is -2.88. The van der Waals surface area contributed by atoms with Gasteiger partial charge in [0.2, 0.25) is 0 Å². The molecule has 0 aliphatic rings. The van der Waals surface area contributed by atoms with Crippen molar-refractivity contribution in [1.29, 1.82) is 0 Å². The van der Waals surface area contributed by atoms with E-state index >= 15 is 0 Å². The van der Waals surface area contributed by atoms with E-state index in [-0.39, 0.29) is 19.0 Å². The lowest BCUT2D eigenvalue weighted by Gasteiger charge is -2.09. The Bertz CT molecular complexity index is 939. The second kappa shape index (κ2) is 6.71. The van der Waals surface area contributed by atoms with E-state index < -0.39 is 5.63 Å². The third kappa shape index (κ3) is 3.54. The average molecular weight is 322 g/mol. The van der Waals surface area contributed by atoms with E-state index in [0.29, 0.717) is 11.1 Å². The molecule has 122 valence electrons. The van der Waals surface area contributed by atoms with Crippen molar-refractivity contribution in [2.24, 2.45) is 0 Å². The first-order chi connectivity index (χ1) is 11.5. The van der Waals surface area contributed by atoms with Gasteiger partial charge in [0.25, 0.3) is 0 Å². The van der Waals surface area contributed by atoms with Crippen LogP contribution in [0.25, 0.3) is 11.0 Å². The highest BCUT2D eigenvalue weighted by Gasteiger charge is 2.11. The molecule has 3 rings (SSSR count). The molecule has 2 aromatic carbocycles. The van der Waals surface area contributed by atoms with Gasteiger partial charge in [-0.05, 0) is 42.7 Å². The molecule has 0 atom stereocenters. The van der Waals surface area contributed by atoms with Crippen LogP contribution in [0.2, 0.25) is 0 Å². The zero-order valence-corrected chi connectivity index (χ0v) is 13.7. The lowest BCUT2D eigenvalue weighted by atomic mass is 10.0. The standard InChI is InChI=1S/C20H18O4/c1-13-8-17-16(11-20(22)24-18(17)9-14(13)2)12-23-19(21)10-15-6-4-3-5-7-15/h3-9,11H,10,12H2,1-2H3. The van der Waals surface area contributed by atoms with Crippen LogP contribution >= 0.6 is 0 Å². The largest absolute Gasteiger partial charge is 0.461 e. The maximum absolute atomic E-state index is 12.0. The maximum Gasteiger partial charge on any atom is 0.336 e. The summed E-state index contributed by atoms with van der Waals surface area (Å²) in [5.74, 6) is -0.327. The number of benzene rings is 2. The van der Waals surface area contributed by atoms with Gasteiger partial charge in [0.15, 0.2) is 0 Å². The van der Waals surface area contributed by atoms with E-state index in [0.717, 1.165) is 22.1 Å². The van der Waals surface area contributed by atoms with Crippen LogP contribution in [0.3, 0.4) is 0 Å². The molecule has 0 saturated carbocycles. The normalized spacial score (nSPS) is 10.8. The monoisotopic (exact) mass is 322 g/mol. The minimum absolute atomic E-state index is 0.0519. The average Bonchev–Trinajstić information content (AvgIpc) is 2.55. The van der Waals surface area contributed by atoms with Crippen LogP contribution in [0.15, 0.2) is 57.7 Å². The molecule has 3 aromatic rings. The molecule has 4 heteroatoms. The Morgan fingerprint density at radius 2 is 1.75 bits per heavy atom. The number of carbonyl (C=O) groups is 1. The molecule has 4 nitrogen and oxygen atoms in total. The van der Waals surface area contributed by atoms with Gasteiger partial charge >= 0.3 is 11.6 Å². The van der Waals surface area contributed by atoms with Gasteiger partial charge in [-0.25, -0.2) is 4.79 Å². The number of rotatable bonds is 4. The lowest BCUT2D eigenvalue weighted by molar-refractivity contribution is -0.144. The molecule has 0 fully saturated rings. The summed E-state index contributed by atoms with van der Waals surface area (Å²) in [4.78, 5) is 23.7. The van der Waals surface area contributed by atoms with Crippen molar-refractivity contribution in [3.05, 3.63) is 81.2 Å². The highest BCUT2D eigenvalue weighted by molar-refractivity contribution is 5.82. The van der Waals surface area contributed by atoms with Crippen molar-refractivity contribution < 1.29 is 13.9 Å². The molecular weight excluding hydrogens is 304 g/mol. The summed E-state index contributed by atoms with van der Waals surface area (Å²) in [5.41, 5.74) is 3.76. The number of carbonyl (C=O) groups excluding carboxylic acids is 1. The van der Waals surface area contributed by atoms with Gasteiger partial charge in [0.1, 0.15) is 12.2 Å². The smallest absolute Gasteiger partial charge is 0.336 e. The summed E-state index contributed by atoms with van der Waals surface area (Å²) in [6.45, 7) is 4.00. The molecule has 24 heavy (non-hydrogen) atoms. The van der Waals surface area contributed by atoms with Crippen molar-refractivity contribution in [1.82, 2.24) is 0 Å². The SMILES string of the molecule is Cc1cc2oc(=O)cc(COC(=O)Cc3ccccc3)c2cc1C. The van der Waals surface area contributed by atoms with E-state index in [2.05, 4.69) is 0 Å². The Morgan fingerprint density at radius 3 is 2.50 bits per heavy atom. The van der Waals surface area contributed by atoms with Gasteiger partial charge in [-0.1, -0.05) is 30.3 Å². The van der Waals surface area contributed by atoms with Crippen molar-refractivity contribution in [3.8, 4) is 0 Å². The predicted octanol–water partition coefficient (Wildman–Crippen LogP) is 3.70. The molecule has 0 bridgehead atoms. The van der Waals surface area contributed by atoms with E-state index in [1.165, 1.54) is 6.07 Å². The topological polar surface area (TPSA) is 56.5 Å². The van der Waals surface area contributed by atoms with Gasteiger partial charge in [-0.3, -0.25) is 4.79 Å². The number of esters is 1. The molecule has 1 aromatic heterocycles. The van der Waals surface area contributed by atoms with Crippen LogP contribution in [0, 0.1) is 13.8 Å². The van der Waals surface area contributed by atoms with Crippen molar-refractivity contribution in [3.63, 3.8) is 0 Å². The van der Waals surface area contributed by atoms with Crippen LogP contribution in [0.4, 0.5) is 0 Å². The Balaban J connectivity index is 1.81. The summed E-state index contributed by atoms with van der Waals surface area (Å²) in [6.07, 6.45) is 0.207. The van der Waals surface area contributed by atoms with E-state index in [1.807, 2.05) is 56.3 Å². The van der Waals surface area contributed by atoms with Gasteiger partial charge in [-0.2, -0.15) is 0 Å². The number of hydrogen-bond acceptors (Lipinski definition) is 4. The Labute approximate surface area is 139 Å². The fourth-order valence-corrected chi connectivity index (χ4v) is 2.57. The molecule has 0 amide bonds. The highest BCUT2D eigenvalue weighted by atomic mass is 16.5. The van der Waals surface area contributed by atoms with Crippen molar-refractivity contribution in [2.45, 2.75) is 26.9 Å². The predicted molar refractivity (Wildman–Crippen MR) is 91.9 cm³/mol. The molecule has 0 aliphatic heterocycles. The molecule has 0 radical (unpaired) electrons. The summed E-state index contributed by atoms with van der Waals surface area (Å²) >= 11 is 0. The van der Waals surface area contributed by atoms with Crippen molar-refractivity contribution in [2.75, 3.05) is 0 Å². The first kappa shape index (κ1) is 16.0. The van der Waals surface area contributed by atoms with Crippen molar-refractivity contribution >= 4 is 16.9 Å². The second-order valence-corrected chi connectivity index (χ2v) is 5.85. The summed E-state index contributed by atoms with van der Waals surface area (Å²) in [5, 5.41) is 0.796. The number of ether oxygens (including phenoxy) is 1. The zero-order valence-electron chi connectivity index (χ0n) is 13.7. The zero-order chi connectivity index (χ0) is 17.1. The molecule has 1 heterocycles. The Kier molecular flexibility index (Phi) is 4.47. The number of fused-ring (bicyclic) bond motifs is 1. The quantitative estimate of drug-likeness (QED) is 0.543. The summed E-state index contributed by atoms with van der Waals surface area (Å²) < 4.78 is 10.6. The third-order valence-electron chi connectivity index (χ3n) is 4.02. The fraction of sp³-hybridized carbons (Fsp3) is 0.200. The van der Waals surface area contributed by atoms with Crippen LogP contribution < -0.4 is 5.63 Å². The number of hydrogen-bond donors (Lipinski definition) is 0. The van der Waals surface area contributed by atoms with Crippen LogP contribution in [-0.4, -0.2) is 5.97 Å². The molecule has 0 spiro atoms. The van der Waals surface area contributed by atoms with Gasteiger partial charge in [0.05, 0.1) is 6.42 Å². The molecule has 0 unspecified atom stereocenters. The molecule has 0 saturated heterocycles.